The number of benzene rings is 2. The van der Waals surface area contributed by atoms with E-state index in [2.05, 4.69) is 34.9 Å². The zero-order valence-corrected chi connectivity index (χ0v) is 13.7. The molecule has 0 aromatic heterocycles. The molecule has 0 heterocycles. The van der Waals surface area contributed by atoms with E-state index >= 15 is 0 Å². The monoisotopic (exact) mass is 324 g/mol. The molecule has 2 aromatic rings. The maximum absolute atomic E-state index is 12.1. The van der Waals surface area contributed by atoms with E-state index < -0.39 is 5.60 Å². The van der Waals surface area contributed by atoms with Gasteiger partial charge in [-0.1, -0.05) is 60.7 Å². The first-order valence-corrected chi connectivity index (χ1v) is 8.50. The SMILES string of the molecule is O=C(NCC(c1ccccc1)c1ccccc1)NCC1(O)CCC1. The molecule has 1 saturated carbocycles. The van der Waals surface area contributed by atoms with Crippen LogP contribution in [0.5, 0.6) is 0 Å². The van der Waals surface area contributed by atoms with Crippen LogP contribution in [0.25, 0.3) is 0 Å². The summed E-state index contributed by atoms with van der Waals surface area (Å²) in [6.07, 6.45) is 2.57. The van der Waals surface area contributed by atoms with Crippen molar-refractivity contribution in [1.29, 1.82) is 0 Å². The fraction of sp³-hybridized carbons (Fsp3) is 0.350. The number of nitrogens with one attached hydrogen (secondary N) is 2. The number of rotatable bonds is 6. The minimum Gasteiger partial charge on any atom is -0.388 e. The van der Waals surface area contributed by atoms with Crippen molar-refractivity contribution in [3.8, 4) is 0 Å². The van der Waals surface area contributed by atoms with Crippen molar-refractivity contribution in [2.75, 3.05) is 13.1 Å². The minimum atomic E-state index is -0.699. The first-order chi connectivity index (χ1) is 11.7. The maximum atomic E-state index is 12.1. The summed E-state index contributed by atoms with van der Waals surface area (Å²) in [5.41, 5.74) is 1.64. The third-order valence-corrected chi connectivity index (χ3v) is 4.73. The second-order valence-electron chi connectivity index (χ2n) is 6.52. The van der Waals surface area contributed by atoms with E-state index in [1.807, 2.05) is 36.4 Å². The molecule has 4 heteroatoms. The molecule has 126 valence electrons. The van der Waals surface area contributed by atoms with E-state index in [9.17, 15) is 9.90 Å². The summed E-state index contributed by atoms with van der Waals surface area (Å²) in [4.78, 5) is 12.1. The molecule has 3 N–H and O–H groups in total. The molecule has 0 saturated heterocycles. The average Bonchev–Trinajstić information content (AvgIpc) is 2.60. The fourth-order valence-corrected chi connectivity index (χ4v) is 3.06. The highest BCUT2D eigenvalue weighted by molar-refractivity contribution is 5.74. The lowest BCUT2D eigenvalue weighted by Gasteiger charge is -2.36. The van der Waals surface area contributed by atoms with E-state index in [1.165, 1.54) is 11.1 Å². The van der Waals surface area contributed by atoms with Crippen molar-refractivity contribution in [2.24, 2.45) is 0 Å². The Kier molecular flexibility index (Phi) is 5.16. The molecule has 0 unspecified atom stereocenters. The number of aliphatic hydroxyl groups is 1. The maximum Gasteiger partial charge on any atom is 0.314 e. The molecule has 24 heavy (non-hydrogen) atoms. The Balaban J connectivity index is 1.61. The Labute approximate surface area is 142 Å². The number of urea groups is 1. The van der Waals surface area contributed by atoms with Gasteiger partial charge in [0.2, 0.25) is 0 Å². The van der Waals surface area contributed by atoms with Gasteiger partial charge in [0.05, 0.1) is 5.60 Å². The highest BCUT2D eigenvalue weighted by Crippen LogP contribution is 2.30. The first kappa shape index (κ1) is 16.5. The molecule has 3 rings (SSSR count). The smallest absolute Gasteiger partial charge is 0.314 e. The Morgan fingerprint density at radius 1 is 0.958 bits per heavy atom. The molecule has 0 spiro atoms. The van der Waals surface area contributed by atoms with Crippen LogP contribution in [0.4, 0.5) is 4.79 Å². The summed E-state index contributed by atoms with van der Waals surface area (Å²) in [6, 6.07) is 20.1. The van der Waals surface area contributed by atoms with Crippen molar-refractivity contribution in [2.45, 2.75) is 30.8 Å². The third-order valence-electron chi connectivity index (χ3n) is 4.73. The second-order valence-corrected chi connectivity index (χ2v) is 6.52. The standard InChI is InChI=1S/C20H24N2O2/c23-19(22-15-20(24)12-7-13-20)21-14-18(16-8-3-1-4-9-16)17-10-5-2-6-11-17/h1-6,8-11,18,24H,7,12-15H2,(H2,21,22,23). The van der Waals surface area contributed by atoms with Crippen molar-refractivity contribution >= 4 is 6.03 Å². The van der Waals surface area contributed by atoms with Gasteiger partial charge in [-0.15, -0.1) is 0 Å². The van der Waals surface area contributed by atoms with Crippen LogP contribution < -0.4 is 10.6 Å². The lowest BCUT2D eigenvalue weighted by atomic mass is 9.80. The van der Waals surface area contributed by atoms with E-state index in [4.69, 9.17) is 0 Å². The van der Waals surface area contributed by atoms with Crippen molar-refractivity contribution in [3.05, 3.63) is 71.8 Å². The Bertz CT molecular complexity index is 614. The predicted molar refractivity (Wildman–Crippen MR) is 94.9 cm³/mol. The van der Waals surface area contributed by atoms with Crippen molar-refractivity contribution in [3.63, 3.8) is 0 Å². The first-order valence-electron chi connectivity index (χ1n) is 8.50. The lowest BCUT2D eigenvalue weighted by molar-refractivity contribution is -0.0290. The lowest BCUT2D eigenvalue weighted by Crippen LogP contribution is -2.50. The molecule has 0 atom stereocenters. The molecule has 1 aliphatic carbocycles. The minimum absolute atomic E-state index is 0.102. The fourth-order valence-electron chi connectivity index (χ4n) is 3.06. The summed E-state index contributed by atoms with van der Waals surface area (Å²) < 4.78 is 0. The topological polar surface area (TPSA) is 61.4 Å². The van der Waals surface area contributed by atoms with Gasteiger partial charge in [0.1, 0.15) is 0 Å². The number of hydrogen-bond donors (Lipinski definition) is 3. The number of amides is 2. The van der Waals surface area contributed by atoms with Crippen LogP contribution in [0.15, 0.2) is 60.7 Å². The Morgan fingerprint density at radius 2 is 1.50 bits per heavy atom. The Hall–Kier alpha value is -2.33. The van der Waals surface area contributed by atoms with Crippen LogP contribution in [0.2, 0.25) is 0 Å². The summed E-state index contributed by atoms with van der Waals surface area (Å²) in [6.45, 7) is 0.832. The number of carbonyl (C=O) groups is 1. The van der Waals surface area contributed by atoms with Gasteiger partial charge in [-0.2, -0.15) is 0 Å². The zero-order valence-electron chi connectivity index (χ0n) is 13.7. The van der Waals surface area contributed by atoms with Crippen molar-refractivity contribution in [1.82, 2.24) is 10.6 Å². The van der Waals surface area contributed by atoms with E-state index in [0.717, 1.165) is 19.3 Å². The van der Waals surface area contributed by atoms with E-state index in [-0.39, 0.29) is 11.9 Å². The molecule has 2 aromatic carbocycles. The van der Waals surface area contributed by atoms with Gasteiger partial charge in [0.15, 0.2) is 0 Å². The van der Waals surface area contributed by atoms with Gasteiger partial charge < -0.3 is 15.7 Å². The van der Waals surface area contributed by atoms with Crippen LogP contribution in [0, 0.1) is 0 Å². The molecule has 0 aliphatic heterocycles. The van der Waals surface area contributed by atoms with Crippen LogP contribution in [-0.2, 0) is 0 Å². The second kappa shape index (κ2) is 7.49. The molecule has 1 fully saturated rings. The van der Waals surface area contributed by atoms with Crippen LogP contribution in [-0.4, -0.2) is 29.8 Å². The van der Waals surface area contributed by atoms with Gasteiger partial charge in [0, 0.05) is 19.0 Å². The van der Waals surface area contributed by atoms with Crippen molar-refractivity contribution < 1.29 is 9.90 Å². The Morgan fingerprint density at radius 3 is 1.96 bits per heavy atom. The normalized spacial score (nSPS) is 15.6. The van der Waals surface area contributed by atoms with E-state index in [0.29, 0.717) is 13.1 Å². The number of hydrogen-bond acceptors (Lipinski definition) is 2. The third kappa shape index (κ3) is 4.15. The largest absolute Gasteiger partial charge is 0.388 e. The average molecular weight is 324 g/mol. The molecule has 0 radical (unpaired) electrons. The molecule has 2 amide bonds. The van der Waals surface area contributed by atoms with Crippen LogP contribution >= 0.6 is 0 Å². The highest BCUT2D eigenvalue weighted by Gasteiger charge is 2.34. The highest BCUT2D eigenvalue weighted by atomic mass is 16.3. The van der Waals surface area contributed by atoms with Crippen LogP contribution in [0.3, 0.4) is 0 Å². The zero-order chi connectivity index (χ0) is 16.8. The molecular weight excluding hydrogens is 300 g/mol. The summed E-state index contributed by atoms with van der Waals surface area (Å²) >= 11 is 0. The van der Waals surface area contributed by atoms with Gasteiger partial charge in [0.25, 0.3) is 0 Å². The van der Waals surface area contributed by atoms with Gasteiger partial charge >= 0.3 is 6.03 Å². The summed E-state index contributed by atoms with van der Waals surface area (Å²) in [7, 11) is 0. The van der Waals surface area contributed by atoms with Gasteiger partial charge in [-0.3, -0.25) is 0 Å². The number of carbonyl (C=O) groups excluding carboxylic acids is 1. The molecule has 1 aliphatic rings. The van der Waals surface area contributed by atoms with Gasteiger partial charge in [-0.25, -0.2) is 4.79 Å². The van der Waals surface area contributed by atoms with E-state index in [1.54, 1.807) is 0 Å². The molecule has 0 bridgehead atoms. The quantitative estimate of drug-likeness (QED) is 0.765. The summed E-state index contributed by atoms with van der Waals surface area (Å²) in [5, 5.41) is 15.8. The summed E-state index contributed by atoms with van der Waals surface area (Å²) in [5.74, 6) is 0.102. The van der Waals surface area contributed by atoms with Crippen LogP contribution in [0.1, 0.15) is 36.3 Å². The van der Waals surface area contributed by atoms with Gasteiger partial charge in [-0.05, 0) is 30.4 Å². The molecule has 4 nitrogen and oxygen atoms in total. The predicted octanol–water partition coefficient (Wildman–Crippen LogP) is 3.03. The molecular formula is C20H24N2O2.